The third-order valence-electron chi connectivity index (χ3n) is 4.71. The third kappa shape index (κ3) is 5.89. The monoisotopic (exact) mass is 494 g/mol. The summed E-state index contributed by atoms with van der Waals surface area (Å²) in [6.45, 7) is 3.35. The molecule has 3 rings (SSSR count). The molecule has 0 radical (unpaired) electrons. The summed E-state index contributed by atoms with van der Waals surface area (Å²) in [5.74, 6) is 1.33. The Hall–Kier alpha value is -1.72. The van der Waals surface area contributed by atoms with Crippen LogP contribution in [0.15, 0.2) is 65.1 Å². The molecule has 0 aliphatic rings. The number of nitrogens with two attached hydrogens (primary N) is 1. The SMILES string of the molecule is COc1cc(C[NH2+][C@H](C)c2ccccc2)cc(Br)c1OCc1ccc(Cl)cc1Cl. The van der Waals surface area contributed by atoms with Gasteiger partial charge < -0.3 is 14.8 Å². The molecule has 0 unspecified atom stereocenters. The first kappa shape index (κ1) is 22.0. The van der Waals surface area contributed by atoms with Gasteiger partial charge in [-0.25, -0.2) is 0 Å². The average molecular weight is 496 g/mol. The van der Waals surface area contributed by atoms with Gasteiger partial charge >= 0.3 is 0 Å². The predicted molar refractivity (Wildman–Crippen MR) is 122 cm³/mol. The van der Waals surface area contributed by atoms with Crippen molar-refractivity contribution in [3.05, 3.63) is 91.9 Å². The fourth-order valence-corrected chi connectivity index (χ4v) is 4.09. The van der Waals surface area contributed by atoms with Crippen molar-refractivity contribution in [3.8, 4) is 11.5 Å². The Bertz CT molecular complexity index is 967. The summed E-state index contributed by atoms with van der Waals surface area (Å²) in [6, 6.07) is 20.3. The first-order valence-electron chi connectivity index (χ1n) is 9.29. The maximum absolute atomic E-state index is 6.24. The van der Waals surface area contributed by atoms with Crippen LogP contribution in [0.1, 0.15) is 29.7 Å². The molecule has 6 heteroatoms. The van der Waals surface area contributed by atoms with Crippen LogP contribution in [-0.2, 0) is 13.2 Å². The van der Waals surface area contributed by atoms with Crippen LogP contribution in [0.3, 0.4) is 0 Å². The Morgan fingerprint density at radius 3 is 2.48 bits per heavy atom. The van der Waals surface area contributed by atoms with Gasteiger partial charge in [0.15, 0.2) is 11.5 Å². The molecule has 0 saturated carbocycles. The molecule has 152 valence electrons. The van der Waals surface area contributed by atoms with Gasteiger partial charge in [0.05, 0.1) is 11.6 Å². The number of hydrogen-bond donors (Lipinski definition) is 1. The Kier molecular flexibility index (Phi) is 7.84. The van der Waals surface area contributed by atoms with Crippen LogP contribution in [-0.4, -0.2) is 7.11 Å². The molecule has 0 saturated heterocycles. The van der Waals surface area contributed by atoms with Gasteiger partial charge in [-0.15, -0.1) is 0 Å². The molecule has 3 nitrogen and oxygen atoms in total. The highest BCUT2D eigenvalue weighted by atomic mass is 79.9. The smallest absolute Gasteiger partial charge is 0.175 e. The molecule has 0 aliphatic heterocycles. The molecule has 0 heterocycles. The number of benzene rings is 3. The lowest BCUT2D eigenvalue weighted by Gasteiger charge is -2.16. The highest BCUT2D eigenvalue weighted by Crippen LogP contribution is 2.37. The van der Waals surface area contributed by atoms with Crippen LogP contribution in [0.2, 0.25) is 10.0 Å². The number of rotatable bonds is 8. The Balaban J connectivity index is 1.70. The van der Waals surface area contributed by atoms with E-state index in [0.29, 0.717) is 34.2 Å². The first-order valence-corrected chi connectivity index (χ1v) is 10.8. The van der Waals surface area contributed by atoms with Crippen LogP contribution < -0.4 is 14.8 Å². The van der Waals surface area contributed by atoms with E-state index in [0.717, 1.165) is 22.1 Å². The fourth-order valence-electron chi connectivity index (χ4n) is 3.03. The van der Waals surface area contributed by atoms with Crippen LogP contribution in [0.25, 0.3) is 0 Å². The summed E-state index contributed by atoms with van der Waals surface area (Å²) in [7, 11) is 1.64. The minimum absolute atomic E-state index is 0.321. The van der Waals surface area contributed by atoms with E-state index >= 15 is 0 Å². The molecule has 3 aromatic rings. The van der Waals surface area contributed by atoms with Gasteiger partial charge in [0, 0.05) is 26.7 Å². The summed E-state index contributed by atoms with van der Waals surface area (Å²) in [6.07, 6.45) is 0. The quantitative estimate of drug-likeness (QED) is 0.405. The van der Waals surface area contributed by atoms with E-state index in [1.807, 2.05) is 18.2 Å². The first-order chi connectivity index (χ1) is 14.0. The molecule has 2 N–H and O–H groups in total. The standard InChI is InChI=1S/C23H22BrCl2NO2/c1-15(17-6-4-3-5-7-17)27-13-16-10-20(24)23(22(11-16)28-2)29-14-18-8-9-19(25)12-21(18)26/h3-12,15,27H,13-14H2,1-2H3/p+1/t15-/m1/s1. The van der Waals surface area contributed by atoms with Gasteiger partial charge in [0.25, 0.3) is 0 Å². The zero-order valence-corrected chi connectivity index (χ0v) is 19.4. The number of hydrogen-bond acceptors (Lipinski definition) is 2. The van der Waals surface area contributed by atoms with Crippen LogP contribution in [0.4, 0.5) is 0 Å². The largest absolute Gasteiger partial charge is 0.493 e. The molecule has 1 atom stereocenters. The fraction of sp³-hybridized carbons (Fsp3) is 0.217. The number of quaternary nitrogens is 1. The van der Waals surface area contributed by atoms with E-state index in [1.54, 1.807) is 19.2 Å². The summed E-state index contributed by atoms with van der Waals surface area (Å²) < 4.78 is 12.4. The molecule has 0 spiro atoms. The number of ether oxygens (including phenoxy) is 2. The molecule has 0 bridgehead atoms. The highest BCUT2D eigenvalue weighted by molar-refractivity contribution is 9.10. The van der Waals surface area contributed by atoms with Crippen LogP contribution >= 0.6 is 39.1 Å². The second kappa shape index (κ2) is 10.4. The third-order valence-corrected chi connectivity index (χ3v) is 5.88. The maximum atomic E-state index is 6.24. The molecule has 29 heavy (non-hydrogen) atoms. The summed E-state index contributed by atoms with van der Waals surface area (Å²) in [4.78, 5) is 0. The van der Waals surface area contributed by atoms with Crippen LogP contribution in [0, 0.1) is 0 Å². The predicted octanol–water partition coefficient (Wildman–Crippen LogP) is 6.17. The van der Waals surface area contributed by atoms with Gasteiger partial charge in [0.1, 0.15) is 19.2 Å². The maximum Gasteiger partial charge on any atom is 0.175 e. The van der Waals surface area contributed by atoms with E-state index in [4.69, 9.17) is 32.7 Å². The van der Waals surface area contributed by atoms with Crippen molar-refractivity contribution < 1.29 is 14.8 Å². The minimum atomic E-state index is 0.321. The highest BCUT2D eigenvalue weighted by Gasteiger charge is 2.15. The van der Waals surface area contributed by atoms with Crippen molar-refractivity contribution >= 4 is 39.1 Å². The molecule has 3 aromatic carbocycles. The van der Waals surface area contributed by atoms with Gasteiger partial charge in [-0.1, -0.05) is 59.6 Å². The average Bonchev–Trinajstić information content (AvgIpc) is 2.72. The van der Waals surface area contributed by atoms with Crippen molar-refractivity contribution in [1.82, 2.24) is 0 Å². The lowest BCUT2D eigenvalue weighted by Crippen LogP contribution is -2.83. The molecular weight excluding hydrogens is 473 g/mol. The van der Waals surface area contributed by atoms with Crippen molar-refractivity contribution in [2.75, 3.05) is 7.11 Å². The lowest BCUT2D eigenvalue weighted by atomic mass is 10.1. The van der Waals surface area contributed by atoms with Crippen molar-refractivity contribution in [1.29, 1.82) is 0 Å². The lowest BCUT2D eigenvalue weighted by molar-refractivity contribution is -0.707. The zero-order valence-electron chi connectivity index (χ0n) is 16.3. The van der Waals surface area contributed by atoms with Gasteiger partial charge in [0.2, 0.25) is 0 Å². The number of methoxy groups -OCH3 is 1. The second-order valence-corrected chi connectivity index (χ2v) is 8.47. The molecular formula is C23H23BrCl2NO2+. The Labute approximate surface area is 190 Å². The summed E-state index contributed by atoms with van der Waals surface area (Å²) >= 11 is 15.8. The van der Waals surface area contributed by atoms with E-state index in [1.165, 1.54) is 5.56 Å². The van der Waals surface area contributed by atoms with E-state index in [2.05, 4.69) is 58.5 Å². The van der Waals surface area contributed by atoms with Crippen molar-refractivity contribution in [3.63, 3.8) is 0 Å². The van der Waals surface area contributed by atoms with E-state index in [9.17, 15) is 0 Å². The van der Waals surface area contributed by atoms with Crippen LogP contribution in [0.5, 0.6) is 11.5 Å². The van der Waals surface area contributed by atoms with Gasteiger partial charge in [-0.2, -0.15) is 0 Å². The molecule has 0 aromatic heterocycles. The zero-order chi connectivity index (χ0) is 20.8. The Morgan fingerprint density at radius 1 is 1.03 bits per heavy atom. The topological polar surface area (TPSA) is 35.1 Å². The summed E-state index contributed by atoms with van der Waals surface area (Å²) in [5.41, 5.74) is 3.31. The minimum Gasteiger partial charge on any atom is -0.493 e. The summed E-state index contributed by atoms with van der Waals surface area (Å²) in [5, 5.41) is 3.47. The molecule has 0 amide bonds. The number of halogens is 3. The van der Waals surface area contributed by atoms with Crippen molar-refractivity contribution in [2.45, 2.75) is 26.1 Å². The molecule has 0 fully saturated rings. The van der Waals surface area contributed by atoms with Gasteiger partial charge in [-0.05, 0) is 47.1 Å². The molecule has 0 aliphatic carbocycles. The second-order valence-electron chi connectivity index (χ2n) is 6.77. The van der Waals surface area contributed by atoms with E-state index < -0.39 is 0 Å². The van der Waals surface area contributed by atoms with E-state index in [-0.39, 0.29) is 0 Å². The van der Waals surface area contributed by atoms with Gasteiger partial charge in [-0.3, -0.25) is 0 Å². The normalized spacial score (nSPS) is 11.9. The Morgan fingerprint density at radius 2 is 1.79 bits per heavy atom. The van der Waals surface area contributed by atoms with Crippen molar-refractivity contribution in [2.24, 2.45) is 0 Å².